The molecule has 0 atom stereocenters. The fraction of sp³-hybridized carbons (Fsp3) is 0.462. The molecule has 4 nitrogen and oxygen atoms in total. The highest BCUT2D eigenvalue weighted by Gasteiger charge is 2.05. The van der Waals surface area contributed by atoms with Gasteiger partial charge in [0.1, 0.15) is 5.75 Å². The standard InChI is InChI=1S/C13H20ClN3O/c1-4-17(5-2)13(15)16-9-10-6-7-11(14)8-12(10)18-3/h6-8H,4-5,9H2,1-3H3,(H2,15,16). The third-order valence-electron chi connectivity index (χ3n) is 2.75. The van der Waals surface area contributed by atoms with Crippen LogP contribution in [-0.2, 0) is 6.54 Å². The van der Waals surface area contributed by atoms with Crippen LogP contribution >= 0.6 is 11.6 Å². The van der Waals surface area contributed by atoms with Crippen LogP contribution < -0.4 is 10.5 Å². The lowest BCUT2D eigenvalue weighted by atomic mass is 10.2. The van der Waals surface area contributed by atoms with Gasteiger partial charge in [-0.3, -0.25) is 0 Å². The van der Waals surface area contributed by atoms with Crippen molar-refractivity contribution in [1.29, 1.82) is 0 Å². The average Bonchev–Trinajstić information content (AvgIpc) is 2.38. The van der Waals surface area contributed by atoms with E-state index in [4.69, 9.17) is 22.1 Å². The molecule has 0 fully saturated rings. The predicted molar refractivity (Wildman–Crippen MR) is 76.3 cm³/mol. The van der Waals surface area contributed by atoms with Gasteiger partial charge in [0.2, 0.25) is 0 Å². The Hall–Kier alpha value is -1.42. The summed E-state index contributed by atoms with van der Waals surface area (Å²) in [7, 11) is 1.62. The van der Waals surface area contributed by atoms with Gasteiger partial charge >= 0.3 is 0 Å². The highest BCUT2D eigenvalue weighted by molar-refractivity contribution is 6.30. The minimum Gasteiger partial charge on any atom is -0.496 e. The fourth-order valence-corrected chi connectivity index (χ4v) is 1.82. The number of halogens is 1. The molecule has 0 aliphatic carbocycles. The summed E-state index contributed by atoms with van der Waals surface area (Å²) in [5, 5.41) is 0.649. The molecule has 1 rings (SSSR count). The van der Waals surface area contributed by atoms with Crippen molar-refractivity contribution in [3.8, 4) is 5.75 Å². The van der Waals surface area contributed by atoms with Crippen LogP contribution in [0.3, 0.4) is 0 Å². The molecule has 0 aliphatic rings. The molecule has 0 spiro atoms. The van der Waals surface area contributed by atoms with E-state index in [0.29, 0.717) is 17.5 Å². The first kappa shape index (κ1) is 14.6. The second-order valence-corrected chi connectivity index (χ2v) is 4.24. The normalized spacial score (nSPS) is 11.4. The number of benzene rings is 1. The Balaban J connectivity index is 2.82. The van der Waals surface area contributed by atoms with Crippen LogP contribution in [0.2, 0.25) is 5.02 Å². The van der Waals surface area contributed by atoms with Crippen molar-refractivity contribution < 1.29 is 4.74 Å². The van der Waals surface area contributed by atoms with E-state index >= 15 is 0 Å². The second kappa shape index (κ2) is 7.11. The van der Waals surface area contributed by atoms with Gasteiger partial charge in [0.15, 0.2) is 5.96 Å². The van der Waals surface area contributed by atoms with Crippen LogP contribution in [0.4, 0.5) is 0 Å². The molecule has 1 aromatic carbocycles. The van der Waals surface area contributed by atoms with Gasteiger partial charge < -0.3 is 15.4 Å². The van der Waals surface area contributed by atoms with Gasteiger partial charge in [-0.05, 0) is 26.0 Å². The lowest BCUT2D eigenvalue weighted by Gasteiger charge is -2.19. The molecule has 2 N–H and O–H groups in total. The second-order valence-electron chi connectivity index (χ2n) is 3.80. The van der Waals surface area contributed by atoms with Gasteiger partial charge in [0, 0.05) is 23.7 Å². The van der Waals surface area contributed by atoms with Crippen molar-refractivity contribution >= 4 is 17.6 Å². The topological polar surface area (TPSA) is 50.8 Å². The minimum atomic E-state index is 0.489. The Morgan fingerprint density at radius 1 is 1.39 bits per heavy atom. The van der Waals surface area contributed by atoms with E-state index in [2.05, 4.69) is 18.8 Å². The van der Waals surface area contributed by atoms with E-state index in [1.165, 1.54) is 0 Å². The summed E-state index contributed by atoms with van der Waals surface area (Å²) >= 11 is 5.90. The molecular weight excluding hydrogens is 250 g/mol. The summed E-state index contributed by atoms with van der Waals surface area (Å²) in [4.78, 5) is 6.37. The number of nitrogens with zero attached hydrogens (tertiary/aromatic N) is 2. The van der Waals surface area contributed by atoms with Gasteiger partial charge in [-0.15, -0.1) is 0 Å². The first-order chi connectivity index (χ1) is 8.62. The maximum absolute atomic E-state index is 5.92. The van der Waals surface area contributed by atoms with Gasteiger partial charge in [0.25, 0.3) is 0 Å². The quantitative estimate of drug-likeness (QED) is 0.660. The number of hydrogen-bond acceptors (Lipinski definition) is 2. The Labute approximate surface area is 113 Å². The predicted octanol–water partition coefficient (Wildman–Crippen LogP) is 2.51. The van der Waals surface area contributed by atoms with Crippen molar-refractivity contribution in [3.05, 3.63) is 28.8 Å². The number of hydrogen-bond donors (Lipinski definition) is 1. The Morgan fingerprint density at radius 3 is 2.61 bits per heavy atom. The molecule has 0 aromatic heterocycles. The van der Waals surface area contributed by atoms with Crippen molar-refractivity contribution in [2.45, 2.75) is 20.4 Å². The summed E-state index contributed by atoms with van der Waals surface area (Å²) < 4.78 is 5.26. The molecule has 0 heterocycles. The smallest absolute Gasteiger partial charge is 0.191 e. The zero-order valence-corrected chi connectivity index (χ0v) is 11.9. The molecule has 0 aliphatic heterocycles. The van der Waals surface area contributed by atoms with E-state index in [9.17, 15) is 0 Å². The zero-order valence-electron chi connectivity index (χ0n) is 11.1. The number of ether oxygens (including phenoxy) is 1. The average molecular weight is 270 g/mol. The monoisotopic (exact) mass is 269 g/mol. The van der Waals surface area contributed by atoms with E-state index in [-0.39, 0.29) is 0 Å². The fourth-order valence-electron chi connectivity index (χ4n) is 1.66. The molecular formula is C13H20ClN3O. The van der Waals surface area contributed by atoms with Crippen LogP contribution in [0.25, 0.3) is 0 Å². The van der Waals surface area contributed by atoms with Crippen LogP contribution in [0, 0.1) is 0 Å². The summed E-state index contributed by atoms with van der Waals surface area (Å²) in [6.07, 6.45) is 0. The third kappa shape index (κ3) is 3.81. The van der Waals surface area contributed by atoms with E-state index in [1.807, 2.05) is 17.0 Å². The molecule has 100 valence electrons. The molecule has 0 amide bonds. The maximum Gasteiger partial charge on any atom is 0.191 e. The van der Waals surface area contributed by atoms with Crippen molar-refractivity contribution in [3.63, 3.8) is 0 Å². The van der Waals surface area contributed by atoms with Crippen LogP contribution in [0.5, 0.6) is 5.75 Å². The van der Waals surface area contributed by atoms with Crippen molar-refractivity contribution in [1.82, 2.24) is 4.90 Å². The highest BCUT2D eigenvalue weighted by Crippen LogP contribution is 2.23. The molecule has 1 aromatic rings. The van der Waals surface area contributed by atoms with Gasteiger partial charge in [0.05, 0.1) is 13.7 Å². The number of nitrogens with two attached hydrogens (primary N) is 1. The summed E-state index contributed by atoms with van der Waals surface area (Å²) in [6.45, 7) is 6.29. The van der Waals surface area contributed by atoms with Crippen molar-refractivity contribution in [2.75, 3.05) is 20.2 Å². The molecule has 0 bridgehead atoms. The Morgan fingerprint density at radius 2 is 2.06 bits per heavy atom. The third-order valence-corrected chi connectivity index (χ3v) is 2.98. The summed E-state index contributed by atoms with van der Waals surface area (Å²) in [5.74, 6) is 1.29. The van der Waals surface area contributed by atoms with Crippen molar-refractivity contribution in [2.24, 2.45) is 10.7 Å². The van der Waals surface area contributed by atoms with E-state index in [1.54, 1.807) is 13.2 Å². The number of aliphatic imine (C=N–C) groups is 1. The maximum atomic E-state index is 5.92. The molecule has 18 heavy (non-hydrogen) atoms. The molecule has 5 heteroatoms. The van der Waals surface area contributed by atoms with Gasteiger partial charge in [-0.25, -0.2) is 4.99 Å². The van der Waals surface area contributed by atoms with Gasteiger partial charge in [-0.2, -0.15) is 0 Å². The first-order valence-electron chi connectivity index (χ1n) is 5.99. The molecule has 0 saturated heterocycles. The summed E-state index contributed by atoms with van der Waals surface area (Å²) in [6, 6.07) is 5.50. The molecule has 0 radical (unpaired) electrons. The SMILES string of the molecule is CCN(CC)C(N)=NCc1ccc(Cl)cc1OC. The van der Waals surface area contributed by atoms with E-state index in [0.717, 1.165) is 24.4 Å². The first-order valence-corrected chi connectivity index (χ1v) is 6.37. The number of methoxy groups -OCH3 is 1. The van der Waals surface area contributed by atoms with E-state index < -0.39 is 0 Å². The van der Waals surface area contributed by atoms with Crippen LogP contribution in [0.1, 0.15) is 19.4 Å². The Bertz CT molecular complexity index is 417. The largest absolute Gasteiger partial charge is 0.496 e. The lowest BCUT2D eigenvalue weighted by Crippen LogP contribution is -2.37. The Kier molecular flexibility index (Phi) is 5.78. The number of rotatable bonds is 5. The van der Waals surface area contributed by atoms with Crippen LogP contribution in [-0.4, -0.2) is 31.1 Å². The number of guanidine groups is 1. The minimum absolute atomic E-state index is 0.489. The zero-order chi connectivity index (χ0) is 13.5. The lowest BCUT2D eigenvalue weighted by molar-refractivity contribution is 0.409. The van der Waals surface area contributed by atoms with Crippen LogP contribution in [0.15, 0.2) is 23.2 Å². The van der Waals surface area contributed by atoms with Gasteiger partial charge in [-0.1, -0.05) is 17.7 Å². The highest BCUT2D eigenvalue weighted by atomic mass is 35.5. The molecule has 0 unspecified atom stereocenters. The summed E-state index contributed by atoms with van der Waals surface area (Å²) in [5.41, 5.74) is 6.89. The molecule has 0 saturated carbocycles.